The zero-order chi connectivity index (χ0) is 14.8. The van der Waals surface area contributed by atoms with Crippen molar-refractivity contribution in [2.75, 3.05) is 4.72 Å². The first-order chi connectivity index (χ1) is 9.40. The molecule has 2 aromatic carbocycles. The van der Waals surface area contributed by atoms with Gasteiger partial charge in [-0.1, -0.05) is 36.5 Å². The molecule has 0 heterocycles. The second-order valence-electron chi connectivity index (χ2n) is 3.98. The first-order valence-corrected chi connectivity index (χ1v) is 8.26. The Bertz CT molecular complexity index is 760. The van der Waals surface area contributed by atoms with Crippen LogP contribution in [-0.4, -0.2) is 13.4 Å². The number of benzene rings is 2. The average molecular weight is 371 g/mol. The molecule has 20 heavy (non-hydrogen) atoms. The predicted octanol–water partition coefficient (Wildman–Crippen LogP) is 2.88. The molecule has 0 radical (unpaired) electrons. The highest BCUT2D eigenvalue weighted by Crippen LogP contribution is 2.24. The fourth-order valence-corrected chi connectivity index (χ4v) is 3.33. The van der Waals surface area contributed by atoms with Crippen molar-refractivity contribution in [3.63, 3.8) is 0 Å². The standard InChI is InChI=1S/C13H11BrN2O2S2/c14-11-6-1-2-7-12(11)16-20(17,18)10-5-3-4-9(8-10)13(15)19/h1-8,16H,(H2,15,19). The largest absolute Gasteiger partial charge is 0.389 e. The van der Waals surface area contributed by atoms with E-state index in [-0.39, 0.29) is 9.88 Å². The van der Waals surface area contributed by atoms with Crippen LogP contribution in [0, 0.1) is 0 Å². The summed E-state index contributed by atoms with van der Waals surface area (Å²) in [5, 5.41) is 0. The summed E-state index contributed by atoms with van der Waals surface area (Å²) in [5.74, 6) is 0. The third-order valence-electron chi connectivity index (χ3n) is 2.55. The third kappa shape index (κ3) is 3.36. The van der Waals surface area contributed by atoms with Crippen molar-refractivity contribution in [2.24, 2.45) is 5.73 Å². The van der Waals surface area contributed by atoms with E-state index in [1.807, 2.05) is 0 Å². The van der Waals surface area contributed by atoms with E-state index in [4.69, 9.17) is 18.0 Å². The molecule has 0 spiro atoms. The van der Waals surface area contributed by atoms with Crippen LogP contribution in [0.1, 0.15) is 5.56 Å². The summed E-state index contributed by atoms with van der Waals surface area (Å²) < 4.78 is 27.8. The molecule has 104 valence electrons. The maximum absolute atomic E-state index is 12.3. The molecule has 0 bridgehead atoms. The summed E-state index contributed by atoms with van der Waals surface area (Å²) in [4.78, 5) is 0.265. The third-order valence-corrected chi connectivity index (χ3v) is 4.84. The van der Waals surface area contributed by atoms with E-state index in [1.165, 1.54) is 12.1 Å². The zero-order valence-corrected chi connectivity index (χ0v) is 13.4. The first kappa shape index (κ1) is 15.0. The van der Waals surface area contributed by atoms with Gasteiger partial charge >= 0.3 is 0 Å². The van der Waals surface area contributed by atoms with Crippen LogP contribution in [-0.2, 0) is 10.0 Å². The zero-order valence-electron chi connectivity index (χ0n) is 10.2. The van der Waals surface area contributed by atoms with Crippen LogP contribution in [0.2, 0.25) is 0 Å². The van der Waals surface area contributed by atoms with Crippen molar-refractivity contribution >= 4 is 48.8 Å². The summed E-state index contributed by atoms with van der Waals surface area (Å²) in [5.41, 5.74) is 6.49. The molecule has 0 aliphatic rings. The Hall–Kier alpha value is -1.44. The molecular weight excluding hydrogens is 360 g/mol. The van der Waals surface area contributed by atoms with E-state index in [0.717, 1.165) is 0 Å². The van der Waals surface area contributed by atoms with Crippen LogP contribution in [0.25, 0.3) is 0 Å². The number of hydrogen-bond acceptors (Lipinski definition) is 3. The number of sulfonamides is 1. The molecule has 0 amide bonds. The maximum Gasteiger partial charge on any atom is 0.261 e. The van der Waals surface area contributed by atoms with E-state index < -0.39 is 10.0 Å². The van der Waals surface area contributed by atoms with Gasteiger partial charge in [0.25, 0.3) is 10.0 Å². The average Bonchev–Trinajstić information content (AvgIpc) is 2.41. The Morgan fingerprint density at radius 3 is 2.50 bits per heavy atom. The minimum atomic E-state index is -3.69. The number of thiocarbonyl (C=S) groups is 1. The Labute approximate surface area is 131 Å². The minimum absolute atomic E-state index is 0.110. The smallest absolute Gasteiger partial charge is 0.261 e. The fraction of sp³-hybridized carbons (Fsp3) is 0. The van der Waals surface area contributed by atoms with Crippen molar-refractivity contribution in [1.29, 1.82) is 0 Å². The maximum atomic E-state index is 12.3. The van der Waals surface area contributed by atoms with E-state index in [1.54, 1.807) is 36.4 Å². The van der Waals surface area contributed by atoms with Gasteiger partial charge in [0.05, 0.1) is 10.6 Å². The number of rotatable bonds is 4. The van der Waals surface area contributed by atoms with Crippen molar-refractivity contribution in [2.45, 2.75) is 4.90 Å². The highest BCUT2D eigenvalue weighted by atomic mass is 79.9. The SMILES string of the molecule is NC(=S)c1cccc(S(=O)(=O)Nc2ccccc2Br)c1. The van der Waals surface area contributed by atoms with Crippen LogP contribution < -0.4 is 10.5 Å². The molecule has 0 unspecified atom stereocenters. The first-order valence-electron chi connectivity index (χ1n) is 5.57. The lowest BCUT2D eigenvalue weighted by Crippen LogP contribution is -2.15. The van der Waals surface area contributed by atoms with Gasteiger partial charge in [-0.2, -0.15) is 0 Å². The molecule has 0 atom stereocenters. The number of para-hydroxylation sites is 1. The van der Waals surface area contributed by atoms with Crippen LogP contribution >= 0.6 is 28.1 Å². The van der Waals surface area contributed by atoms with Gasteiger partial charge in [0, 0.05) is 10.0 Å². The van der Waals surface area contributed by atoms with Crippen molar-refractivity contribution in [1.82, 2.24) is 0 Å². The lowest BCUT2D eigenvalue weighted by molar-refractivity contribution is 0.601. The van der Waals surface area contributed by atoms with Crippen LogP contribution in [0.3, 0.4) is 0 Å². The summed E-state index contributed by atoms with van der Waals surface area (Å²) in [7, 11) is -3.69. The van der Waals surface area contributed by atoms with Gasteiger partial charge in [-0.15, -0.1) is 0 Å². The molecule has 0 fully saturated rings. The van der Waals surface area contributed by atoms with Gasteiger partial charge in [-0.05, 0) is 40.2 Å². The normalized spacial score (nSPS) is 11.1. The Morgan fingerprint density at radius 2 is 1.85 bits per heavy atom. The Balaban J connectivity index is 2.38. The Kier molecular flexibility index (Phi) is 4.42. The lowest BCUT2D eigenvalue weighted by atomic mass is 10.2. The van der Waals surface area contributed by atoms with Crippen molar-refractivity contribution in [3.8, 4) is 0 Å². The summed E-state index contributed by atoms with van der Waals surface area (Å²) in [6.07, 6.45) is 0. The molecule has 0 aliphatic carbocycles. The summed E-state index contributed by atoms with van der Waals surface area (Å²) >= 11 is 8.14. The summed E-state index contributed by atoms with van der Waals surface area (Å²) in [6, 6.07) is 13.2. The molecule has 2 rings (SSSR count). The van der Waals surface area contributed by atoms with Gasteiger partial charge in [0.15, 0.2) is 0 Å². The Morgan fingerprint density at radius 1 is 1.15 bits per heavy atom. The lowest BCUT2D eigenvalue weighted by Gasteiger charge is -2.10. The van der Waals surface area contributed by atoms with Gasteiger partial charge in [-0.3, -0.25) is 4.72 Å². The van der Waals surface area contributed by atoms with Gasteiger partial charge < -0.3 is 5.73 Å². The predicted molar refractivity (Wildman–Crippen MR) is 87.3 cm³/mol. The monoisotopic (exact) mass is 370 g/mol. The topological polar surface area (TPSA) is 72.2 Å². The fourth-order valence-electron chi connectivity index (χ4n) is 1.56. The number of nitrogens with one attached hydrogen (secondary N) is 1. The highest BCUT2D eigenvalue weighted by Gasteiger charge is 2.16. The second-order valence-corrected chi connectivity index (χ2v) is 6.95. The van der Waals surface area contributed by atoms with E-state index >= 15 is 0 Å². The van der Waals surface area contributed by atoms with Crippen molar-refractivity contribution in [3.05, 3.63) is 58.6 Å². The van der Waals surface area contributed by atoms with E-state index in [2.05, 4.69) is 20.7 Å². The molecule has 4 nitrogen and oxygen atoms in total. The molecular formula is C13H11BrN2O2S2. The van der Waals surface area contributed by atoms with Gasteiger partial charge in [0.1, 0.15) is 4.99 Å². The van der Waals surface area contributed by atoms with Gasteiger partial charge in [0.2, 0.25) is 0 Å². The molecule has 7 heteroatoms. The number of anilines is 1. The van der Waals surface area contributed by atoms with Gasteiger partial charge in [-0.25, -0.2) is 8.42 Å². The molecule has 0 saturated heterocycles. The van der Waals surface area contributed by atoms with E-state index in [9.17, 15) is 8.42 Å². The number of hydrogen-bond donors (Lipinski definition) is 2. The number of nitrogens with two attached hydrogens (primary N) is 1. The summed E-state index contributed by atoms with van der Waals surface area (Å²) in [6.45, 7) is 0. The molecule has 0 aliphatic heterocycles. The van der Waals surface area contributed by atoms with Crippen LogP contribution in [0.5, 0.6) is 0 Å². The minimum Gasteiger partial charge on any atom is -0.389 e. The van der Waals surface area contributed by atoms with E-state index in [0.29, 0.717) is 15.7 Å². The molecule has 0 aromatic heterocycles. The number of halogens is 1. The second kappa shape index (κ2) is 5.90. The van der Waals surface area contributed by atoms with Crippen LogP contribution in [0.15, 0.2) is 57.9 Å². The molecule has 0 saturated carbocycles. The van der Waals surface area contributed by atoms with Crippen molar-refractivity contribution < 1.29 is 8.42 Å². The highest BCUT2D eigenvalue weighted by molar-refractivity contribution is 9.10. The molecule has 3 N–H and O–H groups in total. The molecule has 2 aromatic rings. The quantitative estimate of drug-likeness (QED) is 0.811. The van der Waals surface area contributed by atoms with Crippen LogP contribution in [0.4, 0.5) is 5.69 Å².